The minimum atomic E-state index is -0.742. The van der Waals surface area contributed by atoms with Gasteiger partial charge in [-0.15, -0.1) is 0 Å². The molecule has 1 aliphatic rings. The van der Waals surface area contributed by atoms with E-state index in [1.54, 1.807) is 11.3 Å². The van der Waals surface area contributed by atoms with E-state index in [1.165, 1.54) is 0 Å². The summed E-state index contributed by atoms with van der Waals surface area (Å²) >= 11 is 1.55. The molecule has 1 aromatic heterocycles. The molecule has 1 atom stereocenters. The van der Waals surface area contributed by atoms with Crippen molar-refractivity contribution in [2.45, 2.75) is 13.0 Å². The van der Waals surface area contributed by atoms with Crippen molar-refractivity contribution in [3.05, 3.63) is 22.4 Å². The van der Waals surface area contributed by atoms with Crippen LogP contribution < -0.4 is 0 Å². The fourth-order valence-electron chi connectivity index (χ4n) is 2.28. The lowest BCUT2D eigenvalue weighted by molar-refractivity contribution is -0.144. The van der Waals surface area contributed by atoms with Crippen LogP contribution in [0.1, 0.15) is 18.5 Å². The Kier molecular flexibility index (Phi) is 4.15. The van der Waals surface area contributed by atoms with E-state index in [0.29, 0.717) is 0 Å². The highest BCUT2D eigenvalue weighted by Crippen LogP contribution is 2.24. The number of carbonyl (C=O) groups is 1. The van der Waals surface area contributed by atoms with E-state index in [9.17, 15) is 9.90 Å². The first-order valence-corrected chi connectivity index (χ1v) is 6.88. The van der Waals surface area contributed by atoms with Crippen LogP contribution in [0.25, 0.3) is 0 Å². The summed E-state index contributed by atoms with van der Waals surface area (Å²) in [6, 6.07) is 1.44. The summed E-state index contributed by atoms with van der Waals surface area (Å²) in [5, 5.41) is 13.2. The number of carboxylic acid groups (broad SMARTS) is 1. The van der Waals surface area contributed by atoms with Gasteiger partial charge < -0.3 is 10.0 Å². The van der Waals surface area contributed by atoms with Gasteiger partial charge in [0.15, 0.2) is 0 Å². The SMILES string of the molecule is CCN1CCN(C(C(=O)O)c2ccsc2)CC1. The predicted molar refractivity (Wildman–Crippen MR) is 68.4 cm³/mol. The number of hydrogen-bond donors (Lipinski definition) is 1. The second-order valence-electron chi connectivity index (χ2n) is 4.27. The number of thiophene rings is 1. The molecule has 0 bridgehead atoms. The zero-order valence-corrected chi connectivity index (χ0v) is 10.8. The molecule has 1 unspecified atom stereocenters. The highest BCUT2D eigenvalue weighted by atomic mass is 32.1. The Bertz CT molecular complexity index is 359. The second-order valence-corrected chi connectivity index (χ2v) is 5.05. The van der Waals surface area contributed by atoms with Gasteiger partial charge in [0.1, 0.15) is 6.04 Å². The molecule has 0 radical (unpaired) electrons. The Hall–Kier alpha value is -0.910. The lowest BCUT2D eigenvalue weighted by Crippen LogP contribution is -2.48. The van der Waals surface area contributed by atoms with Crippen LogP contribution in [0.5, 0.6) is 0 Å². The summed E-state index contributed by atoms with van der Waals surface area (Å²) in [6.07, 6.45) is 0. The average molecular weight is 254 g/mol. The molecule has 4 nitrogen and oxygen atoms in total. The maximum Gasteiger partial charge on any atom is 0.325 e. The molecule has 0 spiro atoms. The van der Waals surface area contributed by atoms with Gasteiger partial charge in [-0.3, -0.25) is 9.69 Å². The summed E-state index contributed by atoms with van der Waals surface area (Å²) in [5.74, 6) is -0.742. The summed E-state index contributed by atoms with van der Waals surface area (Å²) < 4.78 is 0. The number of aliphatic carboxylic acids is 1. The monoisotopic (exact) mass is 254 g/mol. The molecule has 94 valence electrons. The molecular weight excluding hydrogens is 236 g/mol. The molecule has 2 rings (SSSR count). The zero-order valence-electron chi connectivity index (χ0n) is 10.0. The summed E-state index contributed by atoms with van der Waals surface area (Å²) in [7, 11) is 0. The normalized spacial score (nSPS) is 20.3. The molecule has 0 saturated carbocycles. The van der Waals surface area contributed by atoms with Gasteiger partial charge in [-0.05, 0) is 28.9 Å². The van der Waals surface area contributed by atoms with E-state index in [0.717, 1.165) is 38.3 Å². The quantitative estimate of drug-likeness (QED) is 0.884. The number of likely N-dealkylation sites (N-methyl/N-ethyl adjacent to an activating group) is 1. The molecule has 0 aromatic carbocycles. The smallest absolute Gasteiger partial charge is 0.325 e. The first-order chi connectivity index (χ1) is 8.22. The molecule has 17 heavy (non-hydrogen) atoms. The third kappa shape index (κ3) is 2.86. The Morgan fingerprint density at radius 3 is 2.65 bits per heavy atom. The van der Waals surface area contributed by atoms with Crippen LogP contribution in [0, 0.1) is 0 Å². The summed E-state index contributed by atoms with van der Waals surface area (Å²) in [5.41, 5.74) is 0.910. The van der Waals surface area contributed by atoms with E-state index in [1.807, 2.05) is 16.8 Å². The lowest BCUT2D eigenvalue weighted by Gasteiger charge is -2.37. The second kappa shape index (κ2) is 5.62. The molecular formula is C12H18N2O2S. The van der Waals surface area contributed by atoms with Crippen LogP contribution in [-0.2, 0) is 4.79 Å². The first-order valence-electron chi connectivity index (χ1n) is 5.93. The molecule has 0 amide bonds. The van der Waals surface area contributed by atoms with E-state index < -0.39 is 12.0 Å². The summed E-state index contributed by atoms with van der Waals surface area (Å²) in [4.78, 5) is 15.8. The third-order valence-corrected chi connectivity index (χ3v) is 4.01. The van der Waals surface area contributed by atoms with Gasteiger partial charge in [-0.1, -0.05) is 6.92 Å². The molecule has 0 aliphatic carbocycles. The Labute approximate surface area is 105 Å². The van der Waals surface area contributed by atoms with Crippen molar-refractivity contribution in [3.63, 3.8) is 0 Å². The van der Waals surface area contributed by atoms with Crippen molar-refractivity contribution < 1.29 is 9.90 Å². The van der Waals surface area contributed by atoms with Crippen LogP contribution in [0.4, 0.5) is 0 Å². The zero-order chi connectivity index (χ0) is 12.3. The molecule has 1 saturated heterocycles. The van der Waals surface area contributed by atoms with Gasteiger partial charge in [0.25, 0.3) is 0 Å². The fourth-order valence-corrected chi connectivity index (χ4v) is 2.96. The van der Waals surface area contributed by atoms with Crippen molar-refractivity contribution in [1.29, 1.82) is 0 Å². The average Bonchev–Trinajstić information content (AvgIpc) is 2.83. The van der Waals surface area contributed by atoms with Crippen molar-refractivity contribution in [2.75, 3.05) is 32.7 Å². The number of hydrogen-bond acceptors (Lipinski definition) is 4. The molecule has 2 heterocycles. The maximum atomic E-state index is 11.4. The molecule has 1 N–H and O–H groups in total. The van der Waals surface area contributed by atoms with Gasteiger partial charge in [-0.25, -0.2) is 0 Å². The standard InChI is InChI=1S/C12H18N2O2S/c1-2-13-4-6-14(7-5-13)11(12(15)16)10-3-8-17-9-10/h3,8-9,11H,2,4-7H2,1H3,(H,15,16). The van der Waals surface area contributed by atoms with Crippen LogP contribution >= 0.6 is 11.3 Å². The van der Waals surface area contributed by atoms with Crippen molar-refractivity contribution in [2.24, 2.45) is 0 Å². The molecule has 1 aliphatic heterocycles. The van der Waals surface area contributed by atoms with Crippen molar-refractivity contribution >= 4 is 17.3 Å². The van der Waals surface area contributed by atoms with Gasteiger partial charge in [0.05, 0.1) is 0 Å². The maximum absolute atomic E-state index is 11.4. The predicted octanol–water partition coefficient (Wildman–Crippen LogP) is 1.51. The highest BCUT2D eigenvalue weighted by molar-refractivity contribution is 7.08. The molecule has 1 aromatic rings. The van der Waals surface area contributed by atoms with Crippen molar-refractivity contribution in [3.8, 4) is 0 Å². The van der Waals surface area contributed by atoms with E-state index in [4.69, 9.17) is 0 Å². The van der Waals surface area contributed by atoms with Crippen LogP contribution in [0.3, 0.4) is 0 Å². The van der Waals surface area contributed by atoms with Gasteiger partial charge in [0, 0.05) is 26.2 Å². The minimum Gasteiger partial charge on any atom is -0.480 e. The number of piperazine rings is 1. The van der Waals surface area contributed by atoms with Crippen LogP contribution in [0.15, 0.2) is 16.8 Å². The fraction of sp³-hybridized carbons (Fsp3) is 0.583. The number of rotatable bonds is 4. The van der Waals surface area contributed by atoms with Gasteiger partial charge in [-0.2, -0.15) is 11.3 Å². The number of carboxylic acids is 1. The van der Waals surface area contributed by atoms with E-state index >= 15 is 0 Å². The summed E-state index contributed by atoms with van der Waals surface area (Å²) in [6.45, 7) is 6.78. The van der Waals surface area contributed by atoms with Crippen LogP contribution in [0.2, 0.25) is 0 Å². The van der Waals surface area contributed by atoms with Gasteiger partial charge >= 0.3 is 5.97 Å². The first kappa shape index (κ1) is 12.5. The molecule has 1 fully saturated rings. The van der Waals surface area contributed by atoms with E-state index in [2.05, 4.69) is 16.7 Å². The van der Waals surface area contributed by atoms with E-state index in [-0.39, 0.29) is 0 Å². The molecule has 5 heteroatoms. The lowest BCUT2D eigenvalue weighted by atomic mass is 10.1. The third-order valence-electron chi connectivity index (χ3n) is 3.31. The highest BCUT2D eigenvalue weighted by Gasteiger charge is 2.29. The van der Waals surface area contributed by atoms with Crippen LogP contribution in [-0.4, -0.2) is 53.6 Å². The minimum absolute atomic E-state index is 0.472. The Balaban J connectivity index is 2.06. The Morgan fingerprint density at radius 1 is 1.47 bits per heavy atom. The van der Waals surface area contributed by atoms with Crippen molar-refractivity contribution in [1.82, 2.24) is 9.80 Å². The topological polar surface area (TPSA) is 43.8 Å². The largest absolute Gasteiger partial charge is 0.480 e. The number of nitrogens with zero attached hydrogens (tertiary/aromatic N) is 2. The Morgan fingerprint density at radius 2 is 2.18 bits per heavy atom. The van der Waals surface area contributed by atoms with Gasteiger partial charge in [0.2, 0.25) is 0 Å².